The van der Waals surface area contributed by atoms with Crippen molar-refractivity contribution in [2.24, 2.45) is 5.41 Å². The first-order valence-corrected chi connectivity index (χ1v) is 6.25. The van der Waals surface area contributed by atoms with E-state index in [9.17, 15) is 14.3 Å². The van der Waals surface area contributed by atoms with E-state index in [1.54, 1.807) is 18.2 Å². The summed E-state index contributed by atoms with van der Waals surface area (Å²) in [4.78, 5) is 11.3. The zero-order chi connectivity index (χ0) is 14.2. The van der Waals surface area contributed by atoms with E-state index in [-0.39, 0.29) is 22.8 Å². The van der Waals surface area contributed by atoms with Crippen molar-refractivity contribution in [3.05, 3.63) is 47.3 Å². The molecule has 0 spiro atoms. The average Bonchev–Trinajstić information content (AvgIpc) is 2.73. The molecule has 1 aliphatic rings. The fraction of sp³-hybridized carbons (Fsp3) is 0.400. The van der Waals surface area contributed by atoms with Gasteiger partial charge in [-0.25, -0.2) is 9.18 Å². The maximum absolute atomic E-state index is 13.3. The summed E-state index contributed by atoms with van der Waals surface area (Å²) in [7, 11) is 0. The molecule has 0 amide bonds. The maximum Gasteiger partial charge on any atom is 0.333 e. The van der Waals surface area contributed by atoms with Gasteiger partial charge in [0.2, 0.25) is 0 Å². The number of aliphatic carboxylic acids is 1. The van der Waals surface area contributed by atoms with E-state index >= 15 is 0 Å². The molecule has 1 heterocycles. The molecule has 19 heavy (non-hydrogen) atoms. The van der Waals surface area contributed by atoms with Crippen LogP contribution in [0.4, 0.5) is 4.39 Å². The van der Waals surface area contributed by atoms with Gasteiger partial charge in [-0.3, -0.25) is 5.32 Å². The Hall–Kier alpha value is -1.68. The molecule has 2 atom stereocenters. The lowest BCUT2D eigenvalue weighted by atomic mass is 9.87. The number of carboxylic acid groups (broad SMARTS) is 1. The Bertz CT molecular complexity index is 531. The third-order valence-corrected chi connectivity index (χ3v) is 3.37. The highest BCUT2D eigenvalue weighted by molar-refractivity contribution is 5.89. The molecule has 2 rings (SSSR count). The summed E-state index contributed by atoms with van der Waals surface area (Å²) in [6.45, 7) is 6.11. The molecule has 3 nitrogen and oxygen atoms in total. The highest BCUT2D eigenvalue weighted by Crippen LogP contribution is 2.34. The second-order valence-electron chi connectivity index (χ2n) is 5.93. The number of hydrogen-bond donors (Lipinski definition) is 2. The van der Waals surface area contributed by atoms with Crippen LogP contribution in [0, 0.1) is 11.2 Å². The highest BCUT2D eigenvalue weighted by atomic mass is 19.1. The molecule has 1 aromatic rings. The minimum absolute atomic E-state index is 0.0492. The van der Waals surface area contributed by atoms with Crippen LogP contribution in [0.15, 0.2) is 35.9 Å². The number of carbonyl (C=O) groups is 1. The second-order valence-corrected chi connectivity index (χ2v) is 5.93. The van der Waals surface area contributed by atoms with Gasteiger partial charge in [0.1, 0.15) is 5.82 Å². The fourth-order valence-corrected chi connectivity index (χ4v) is 2.25. The molecule has 2 unspecified atom stereocenters. The number of halogens is 1. The first-order valence-electron chi connectivity index (χ1n) is 6.25. The molecule has 4 heteroatoms. The monoisotopic (exact) mass is 263 g/mol. The third-order valence-electron chi connectivity index (χ3n) is 3.37. The van der Waals surface area contributed by atoms with E-state index in [2.05, 4.69) is 5.32 Å². The third kappa shape index (κ3) is 2.84. The van der Waals surface area contributed by atoms with E-state index in [4.69, 9.17) is 0 Å². The van der Waals surface area contributed by atoms with Gasteiger partial charge in [-0.1, -0.05) is 39.0 Å². The summed E-state index contributed by atoms with van der Waals surface area (Å²) in [5.41, 5.74) is 0.828. The van der Waals surface area contributed by atoms with Crippen molar-refractivity contribution < 1.29 is 14.3 Å². The molecular weight excluding hydrogens is 245 g/mol. The van der Waals surface area contributed by atoms with Gasteiger partial charge in [-0.2, -0.15) is 0 Å². The summed E-state index contributed by atoms with van der Waals surface area (Å²) < 4.78 is 13.3. The van der Waals surface area contributed by atoms with Gasteiger partial charge in [-0.05, 0) is 23.1 Å². The Morgan fingerprint density at radius 3 is 2.58 bits per heavy atom. The summed E-state index contributed by atoms with van der Waals surface area (Å²) in [5, 5.41) is 12.6. The molecule has 0 aromatic heterocycles. The maximum atomic E-state index is 13.3. The van der Waals surface area contributed by atoms with Crippen LogP contribution < -0.4 is 5.32 Å². The van der Waals surface area contributed by atoms with Crippen LogP contribution in [0.25, 0.3) is 0 Å². The minimum Gasteiger partial charge on any atom is -0.478 e. The zero-order valence-corrected chi connectivity index (χ0v) is 11.3. The molecule has 0 bridgehead atoms. The van der Waals surface area contributed by atoms with Gasteiger partial charge in [0.05, 0.1) is 11.6 Å². The molecule has 1 aromatic carbocycles. The molecule has 0 saturated heterocycles. The first-order chi connectivity index (χ1) is 8.79. The Labute approximate surface area is 112 Å². The van der Waals surface area contributed by atoms with Crippen LogP contribution in [0.1, 0.15) is 32.4 Å². The van der Waals surface area contributed by atoms with E-state index in [0.717, 1.165) is 0 Å². The van der Waals surface area contributed by atoms with Crippen LogP contribution in [-0.2, 0) is 4.79 Å². The van der Waals surface area contributed by atoms with Crippen LogP contribution in [-0.4, -0.2) is 17.1 Å². The van der Waals surface area contributed by atoms with Gasteiger partial charge < -0.3 is 5.11 Å². The lowest BCUT2D eigenvalue weighted by Gasteiger charge is -2.27. The molecule has 0 aliphatic carbocycles. The number of nitrogens with one attached hydrogen (secondary N) is 1. The molecule has 0 radical (unpaired) electrons. The number of carboxylic acids is 1. The molecular formula is C15H18FNO2. The molecule has 102 valence electrons. The molecule has 2 N–H and O–H groups in total. The van der Waals surface area contributed by atoms with Crippen LogP contribution in [0.3, 0.4) is 0 Å². The Morgan fingerprint density at radius 2 is 2.05 bits per heavy atom. The average molecular weight is 263 g/mol. The predicted molar refractivity (Wildman–Crippen MR) is 71.2 cm³/mol. The SMILES string of the molecule is CC(C)(C)C1C=C(C(=O)O)C(c2cccc(F)c2)N1. The van der Waals surface area contributed by atoms with E-state index < -0.39 is 12.0 Å². The number of rotatable bonds is 2. The van der Waals surface area contributed by atoms with Crippen molar-refractivity contribution in [3.8, 4) is 0 Å². The summed E-state index contributed by atoms with van der Waals surface area (Å²) in [6.07, 6.45) is 1.73. The van der Waals surface area contributed by atoms with E-state index in [1.165, 1.54) is 12.1 Å². The summed E-state index contributed by atoms with van der Waals surface area (Å²) in [5.74, 6) is -1.32. The summed E-state index contributed by atoms with van der Waals surface area (Å²) >= 11 is 0. The minimum atomic E-state index is -0.964. The molecule has 0 fully saturated rings. The van der Waals surface area contributed by atoms with Crippen molar-refractivity contribution in [1.29, 1.82) is 0 Å². The largest absolute Gasteiger partial charge is 0.478 e. The zero-order valence-electron chi connectivity index (χ0n) is 11.3. The van der Waals surface area contributed by atoms with Crippen LogP contribution in [0.5, 0.6) is 0 Å². The Balaban J connectivity index is 2.37. The smallest absolute Gasteiger partial charge is 0.333 e. The van der Waals surface area contributed by atoms with Crippen molar-refractivity contribution in [2.75, 3.05) is 0 Å². The van der Waals surface area contributed by atoms with Gasteiger partial charge in [0, 0.05) is 6.04 Å². The van der Waals surface area contributed by atoms with Gasteiger partial charge in [-0.15, -0.1) is 0 Å². The lowest BCUT2D eigenvalue weighted by molar-refractivity contribution is -0.132. The van der Waals surface area contributed by atoms with Crippen molar-refractivity contribution in [3.63, 3.8) is 0 Å². The van der Waals surface area contributed by atoms with Crippen LogP contribution >= 0.6 is 0 Å². The van der Waals surface area contributed by atoms with Gasteiger partial charge >= 0.3 is 5.97 Å². The molecule has 0 saturated carbocycles. The second kappa shape index (κ2) is 4.78. The Kier molecular flexibility index (Phi) is 3.45. The highest BCUT2D eigenvalue weighted by Gasteiger charge is 2.36. The quantitative estimate of drug-likeness (QED) is 0.862. The Morgan fingerprint density at radius 1 is 1.37 bits per heavy atom. The standard InChI is InChI=1S/C15H18FNO2/c1-15(2,3)12-8-11(14(18)19)13(17-12)9-5-4-6-10(16)7-9/h4-8,12-13,17H,1-3H3,(H,18,19). The van der Waals surface area contributed by atoms with Gasteiger partial charge in [0.25, 0.3) is 0 Å². The molecule has 1 aliphatic heterocycles. The fourth-order valence-electron chi connectivity index (χ4n) is 2.25. The van der Waals surface area contributed by atoms with E-state index in [1.807, 2.05) is 20.8 Å². The van der Waals surface area contributed by atoms with Gasteiger partial charge in [0.15, 0.2) is 0 Å². The first kappa shape index (κ1) is 13.7. The lowest BCUT2D eigenvalue weighted by Crippen LogP contribution is -2.36. The topological polar surface area (TPSA) is 49.3 Å². The van der Waals surface area contributed by atoms with Crippen LogP contribution in [0.2, 0.25) is 0 Å². The van der Waals surface area contributed by atoms with Crippen molar-refractivity contribution in [2.45, 2.75) is 32.9 Å². The van der Waals surface area contributed by atoms with E-state index in [0.29, 0.717) is 5.56 Å². The normalized spacial score (nSPS) is 23.3. The number of benzene rings is 1. The van der Waals surface area contributed by atoms with Crippen molar-refractivity contribution >= 4 is 5.97 Å². The summed E-state index contributed by atoms with van der Waals surface area (Å²) in [6, 6.07) is 5.55. The predicted octanol–water partition coefficient (Wildman–Crippen LogP) is 2.90. The van der Waals surface area contributed by atoms with Crippen molar-refractivity contribution in [1.82, 2.24) is 5.32 Å². The number of hydrogen-bond acceptors (Lipinski definition) is 2.